The van der Waals surface area contributed by atoms with Crippen LogP contribution in [0.5, 0.6) is 0 Å². The third-order valence-corrected chi connectivity index (χ3v) is 5.10. The van der Waals surface area contributed by atoms with Crippen molar-refractivity contribution in [1.29, 1.82) is 0 Å². The number of aryl methyl sites for hydroxylation is 1. The van der Waals surface area contributed by atoms with Gasteiger partial charge in [0, 0.05) is 13.0 Å². The lowest BCUT2D eigenvalue weighted by Gasteiger charge is -2.21. The molecule has 1 unspecified atom stereocenters. The number of hydrogen-bond donors (Lipinski definition) is 1. The Morgan fingerprint density at radius 2 is 2.00 bits per heavy atom. The van der Waals surface area contributed by atoms with E-state index in [1.807, 2.05) is 35.7 Å². The fourth-order valence-electron chi connectivity index (χ4n) is 2.98. The molecule has 136 valence electrons. The van der Waals surface area contributed by atoms with E-state index in [4.69, 9.17) is 0 Å². The molecule has 3 aromatic rings. The van der Waals surface area contributed by atoms with Crippen LogP contribution >= 0.6 is 11.3 Å². The van der Waals surface area contributed by atoms with Crippen molar-refractivity contribution < 1.29 is 4.79 Å². The van der Waals surface area contributed by atoms with Gasteiger partial charge in [-0.2, -0.15) is 0 Å². The summed E-state index contributed by atoms with van der Waals surface area (Å²) < 4.78 is 1.51. The highest BCUT2D eigenvalue weighted by molar-refractivity contribution is 7.16. The zero-order valence-electron chi connectivity index (χ0n) is 15.0. The van der Waals surface area contributed by atoms with Crippen molar-refractivity contribution in [3.05, 3.63) is 64.0 Å². The standard InChI is InChI=1S/C20H23N3O2S/c1-14(2)12-17(15-6-4-3-5-7-15)22-18(24)8-10-23-13-21-19-16(20(23)25)9-11-26-19/h3-7,9,11,13-14,17H,8,10,12H2,1-2H3,(H,22,24). The first-order valence-corrected chi connectivity index (χ1v) is 9.69. The Bertz CT molecular complexity index is 931. The number of nitrogens with one attached hydrogen (secondary N) is 1. The minimum absolute atomic E-state index is 0.0158. The summed E-state index contributed by atoms with van der Waals surface area (Å²) in [6, 6.07) is 11.8. The predicted octanol–water partition coefficient (Wildman–Crippen LogP) is 3.75. The number of hydrogen-bond acceptors (Lipinski definition) is 4. The Kier molecular flexibility index (Phi) is 5.83. The van der Waals surface area contributed by atoms with Gasteiger partial charge in [0.2, 0.25) is 5.91 Å². The monoisotopic (exact) mass is 369 g/mol. The van der Waals surface area contributed by atoms with Crippen LogP contribution in [0.2, 0.25) is 0 Å². The normalized spacial score (nSPS) is 12.4. The van der Waals surface area contributed by atoms with Crippen LogP contribution in [0.3, 0.4) is 0 Å². The van der Waals surface area contributed by atoms with E-state index >= 15 is 0 Å². The zero-order valence-corrected chi connectivity index (χ0v) is 15.8. The van der Waals surface area contributed by atoms with Gasteiger partial charge in [-0.1, -0.05) is 44.2 Å². The van der Waals surface area contributed by atoms with Crippen molar-refractivity contribution in [2.24, 2.45) is 5.92 Å². The van der Waals surface area contributed by atoms with Crippen LogP contribution in [-0.2, 0) is 11.3 Å². The number of thiophene rings is 1. The Balaban J connectivity index is 1.66. The molecule has 1 atom stereocenters. The van der Waals surface area contributed by atoms with Gasteiger partial charge < -0.3 is 5.32 Å². The number of nitrogens with zero attached hydrogens (tertiary/aromatic N) is 2. The number of benzene rings is 1. The first-order chi connectivity index (χ1) is 12.5. The second kappa shape index (κ2) is 8.27. The average Bonchev–Trinajstić information content (AvgIpc) is 3.10. The summed E-state index contributed by atoms with van der Waals surface area (Å²) in [5.41, 5.74) is 1.01. The average molecular weight is 369 g/mol. The Morgan fingerprint density at radius 1 is 1.23 bits per heavy atom. The van der Waals surface area contributed by atoms with Crippen LogP contribution in [0.25, 0.3) is 10.2 Å². The first kappa shape index (κ1) is 18.3. The minimum Gasteiger partial charge on any atom is -0.349 e. The third kappa shape index (κ3) is 4.38. The highest BCUT2D eigenvalue weighted by Gasteiger charge is 2.16. The summed E-state index contributed by atoms with van der Waals surface area (Å²) in [6.07, 6.45) is 2.65. The van der Waals surface area contributed by atoms with Crippen LogP contribution < -0.4 is 10.9 Å². The molecule has 0 spiro atoms. The second-order valence-corrected chi connectivity index (χ2v) is 7.69. The summed E-state index contributed by atoms with van der Waals surface area (Å²) >= 11 is 1.44. The van der Waals surface area contributed by atoms with Crippen molar-refractivity contribution in [3.63, 3.8) is 0 Å². The molecule has 0 radical (unpaired) electrons. The largest absolute Gasteiger partial charge is 0.349 e. The zero-order chi connectivity index (χ0) is 18.5. The molecule has 0 aliphatic carbocycles. The number of aromatic nitrogens is 2. The SMILES string of the molecule is CC(C)CC(NC(=O)CCn1cnc2sccc2c1=O)c1ccccc1. The molecule has 0 aliphatic heterocycles. The Hall–Kier alpha value is -2.47. The molecule has 2 heterocycles. The maximum Gasteiger partial charge on any atom is 0.262 e. The lowest BCUT2D eigenvalue weighted by atomic mass is 9.97. The van der Waals surface area contributed by atoms with E-state index in [0.717, 1.165) is 16.8 Å². The van der Waals surface area contributed by atoms with E-state index in [-0.39, 0.29) is 23.9 Å². The van der Waals surface area contributed by atoms with E-state index in [9.17, 15) is 9.59 Å². The molecule has 0 aliphatic rings. The van der Waals surface area contributed by atoms with Gasteiger partial charge in [0.25, 0.3) is 5.56 Å². The molecule has 1 amide bonds. The van der Waals surface area contributed by atoms with E-state index in [1.165, 1.54) is 22.2 Å². The maximum atomic E-state index is 12.5. The topological polar surface area (TPSA) is 64.0 Å². The van der Waals surface area contributed by atoms with Gasteiger partial charge in [0.05, 0.1) is 17.8 Å². The lowest BCUT2D eigenvalue weighted by Crippen LogP contribution is -2.31. The quantitative estimate of drug-likeness (QED) is 0.690. The summed E-state index contributed by atoms with van der Waals surface area (Å²) in [5.74, 6) is 0.408. The molecule has 2 aromatic heterocycles. The van der Waals surface area contributed by atoms with Crippen molar-refractivity contribution in [1.82, 2.24) is 14.9 Å². The van der Waals surface area contributed by atoms with E-state index in [1.54, 1.807) is 6.07 Å². The van der Waals surface area contributed by atoms with Gasteiger partial charge in [0.15, 0.2) is 0 Å². The van der Waals surface area contributed by atoms with Crippen LogP contribution in [0, 0.1) is 5.92 Å². The molecule has 6 heteroatoms. The molecule has 26 heavy (non-hydrogen) atoms. The molecule has 0 saturated heterocycles. The highest BCUT2D eigenvalue weighted by Crippen LogP contribution is 2.21. The van der Waals surface area contributed by atoms with Crippen LogP contribution in [-0.4, -0.2) is 15.5 Å². The molecular weight excluding hydrogens is 346 g/mol. The molecule has 0 saturated carbocycles. The Morgan fingerprint density at radius 3 is 2.73 bits per heavy atom. The maximum absolute atomic E-state index is 12.5. The Labute approximate surface area is 156 Å². The van der Waals surface area contributed by atoms with E-state index in [0.29, 0.717) is 17.8 Å². The molecule has 5 nitrogen and oxygen atoms in total. The van der Waals surface area contributed by atoms with Crippen LogP contribution in [0.4, 0.5) is 0 Å². The third-order valence-electron chi connectivity index (χ3n) is 4.27. The predicted molar refractivity (Wildman–Crippen MR) is 105 cm³/mol. The molecule has 3 rings (SSSR count). The first-order valence-electron chi connectivity index (χ1n) is 8.81. The lowest BCUT2D eigenvalue weighted by molar-refractivity contribution is -0.122. The van der Waals surface area contributed by atoms with E-state index in [2.05, 4.69) is 24.1 Å². The summed E-state index contributed by atoms with van der Waals surface area (Å²) in [7, 11) is 0. The number of fused-ring (bicyclic) bond motifs is 1. The van der Waals surface area contributed by atoms with Crippen molar-refractivity contribution in [2.45, 2.75) is 39.3 Å². The summed E-state index contributed by atoms with van der Waals surface area (Å²) in [4.78, 5) is 29.9. The summed E-state index contributed by atoms with van der Waals surface area (Å²) in [5, 5.41) is 5.58. The fourth-order valence-corrected chi connectivity index (χ4v) is 3.70. The van der Waals surface area contributed by atoms with Crippen LogP contribution in [0.1, 0.15) is 38.3 Å². The number of amides is 1. The summed E-state index contributed by atoms with van der Waals surface area (Å²) in [6.45, 7) is 4.61. The van der Waals surface area contributed by atoms with Crippen molar-refractivity contribution in [3.8, 4) is 0 Å². The van der Waals surface area contributed by atoms with E-state index < -0.39 is 0 Å². The molecular formula is C20H23N3O2S. The van der Waals surface area contributed by atoms with Gasteiger partial charge >= 0.3 is 0 Å². The second-order valence-electron chi connectivity index (χ2n) is 6.79. The van der Waals surface area contributed by atoms with Gasteiger partial charge in [-0.15, -0.1) is 11.3 Å². The molecule has 0 fully saturated rings. The van der Waals surface area contributed by atoms with Crippen LogP contribution in [0.15, 0.2) is 52.9 Å². The van der Waals surface area contributed by atoms with Gasteiger partial charge in [0.1, 0.15) is 4.83 Å². The fraction of sp³-hybridized carbons (Fsp3) is 0.350. The minimum atomic E-state index is -0.0918. The number of rotatable bonds is 7. The van der Waals surface area contributed by atoms with Crippen molar-refractivity contribution >= 4 is 27.5 Å². The molecule has 0 bridgehead atoms. The molecule has 1 N–H and O–H groups in total. The number of carbonyl (C=O) groups excluding carboxylic acids is 1. The van der Waals surface area contributed by atoms with Gasteiger partial charge in [-0.25, -0.2) is 4.98 Å². The smallest absolute Gasteiger partial charge is 0.262 e. The number of carbonyl (C=O) groups is 1. The highest BCUT2D eigenvalue weighted by atomic mass is 32.1. The van der Waals surface area contributed by atoms with Gasteiger partial charge in [-0.3, -0.25) is 14.2 Å². The van der Waals surface area contributed by atoms with Crippen molar-refractivity contribution in [2.75, 3.05) is 0 Å². The molecule has 1 aromatic carbocycles. The van der Waals surface area contributed by atoms with Gasteiger partial charge in [-0.05, 0) is 29.3 Å².